The van der Waals surface area contributed by atoms with Crippen LogP contribution in [0.5, 0.6) is 11.5 Å². The number of unbranched alkanes of at least 4 members (excludes halogenated alkanes) is 13. The summed E-state index contributed by atoms with van der Waals surface area (Å²) in [4.78, 5) is 0.0595. The number of benzene rings is 2. The average Bonchev–Trinajstić information content (AvgIpc) is 2.84. The maximum absolute atomic E-state index is 12.7. The van der Waals surface area contributed by atoms with E-state index in [1.165, 1.54) is 113 Å². The largest absolute Gasteiger partial charge is 0.508 e. The Balaban J connectivity index is 1.61. The van der Waals surface area contributed by atoms with Crippen molar-refractivity contribution in [1.82, 2.24) is 0 Å². The van der Waals surface area contributed by atoms with Gasteiger partial charge in [-0.1, -0.05) is 90.4 Å². The van der Waals surface area contributed by atoms with Crippen molar-refractivity contribution < 1.29 is 26.1 Å². The van der Waals surface area contributed by atoms with Gasteiger partial charge in [-0.15, -0.1) is 0 Å². The van der Waals surface area contributed by atoms with Crippen LogP contribution in [-0.2, 0) is 20.0 Å². The summed E-state index contributed by atoms with van der Waals surface area (Å²) < 4.78 is 55.0. The molecule has 0 aliphatic rings. The van der Waals surface area contributed by atoms with E-state index >= 15 is 0 Å². The van der Waals surface area contributed by atoms with Crippen LogP contribution in [0.4, 0.5) is 0 Å². The van der Waals surface area contributed by atoms with Gasteiger partial charge in [0.15, 0.2) is 0 Å². The Bertz CT molecular complexity index is 1080. The maximum atomic E-state index is 12.7. The highest BCUT2D eigenvalue weighted by molar-refractivity contribution is 7.91. The second kappa shape index (κ2) is 15.9. The van der Waals surface area contributed by atoms with Crippen LogP contribution in [0.25, 0.3) is 0 Å². The van der Waals surface area contributed by atoms with Crippen molar-refractivity contribution in [2.75, 3.05) is 5.75 Å². The average molecular weight is 539 g/mol. The highest BCUT2D eigenvalue weighted by Crippen LogP contribution is 2.25. The molecule has 0 unspecified atom stereocenters. The number of hydrogen-bond acceptors (Lipinski definition) is 6. The number of aromatic hydroxyl groups is 1. The molecule has 0 aliphatic carbocycles. The summed E-state index contributed by atoms with van der Waals surface area (Å²) in [6.45, 7) is 2.24. The second-order valence-electron chi connectivity index (χ2n) is 9.41. The Morgan fingerprint density at radius 1 is 0.583 bits per heavy atom. The van der Waals surface area contributed by atoms with E-state index in [0.717, 1.165) is 19.3 Å². The molecule has 2 aromatic carbocycles. The van der Waals surface area contributed by atoms with Gasteiger partial charge in [0.05, 0.1) is 15.5 Å². The summed E-state index contributed by atoms with van der Waals surface area (Å²) in [6, 6.07) is 10.6. The van der Waals surface area contributed by atoms with E-state index in [9.17, 15) is 21.9 Å². The van der Waals surface area contributed by atoms with Gasteiger partial charge in [0.2, 0.25) is 9.84 Å². The van der Waals surface area contributed by atoms with E-state index in [-0.39, 0.29) is 27.0 Å². The van der Waals surface area contributed by atoms with Crippen LogP contribution in [0.1, 0.15) is 96.8 Å². The predicted octanol–water partition coefficient (Wildman–Crippen LogP) is 7.41. The molecule has 36 heavy (non-hydrogen) atoms. The summed E-state index contributed by atoms with van der Waals surface area (Å²) in [5.41, 5.74) is 0. The van der Waals surface area contributed by atoms with Crippen LogP contribution in [-0.4, -0.2) is 27.7 Å². The molecule has 8 heteroatoms. The Hall–Kier alpha value is -2.06. The van der Waals surface area contributed by atoms with Crippen LogP contribution in [0.15, 0.2) is 58.3 Å². The minimum atomic E-state index is -3.77. The van der Waals surface area contributed by atoms with Crippen molar-refractivity contribution in [1.29, 1.82) is 0 Å². The molecule has 1 N–H and O–H groups in total. The van der Waals surface area contributed by atoms with E-state index < -0.39 is 20.0 Å². The summed E-state index contributed by atoms with van der Waals surface area (Å²) in [6.07, 6.45) is 16.7. The summed E-state index contributed by atoms with van der Waals surface area (Å²) in [5, 5.41) is 9.35. The molecule has 0 aliphatic heterocycles. The first kappa shape index (κ1) is 30.2. The highest BCUT2D eigenvalue weighted by Gasteiger charge is 2.19. The molecular formula is C28H42O6S2. The van der Waals surface area contributed by atoms with Crippen molar-refractivity contribution in [3.63, 3.8) is 0 Å². The van der Waals surface area contributed by atoms with Gasteiger partial charge in [-0.3, -0.25) is 0 Å². The molecule has 0 atom stereocenters. The summed E-state index contributed by atoms with van der Waals surface area (Å²) in [5.74, 6) is 0.00483. The first-order valence-corrected chi connectivity index (χ1v) is 16.4. The van der Waals surface area contributed by atoms with Gasteiger partial charge in [-0.25, -0.2) is 8.42 Å². The van der Waals surface area contributed by atoms with Gasteiger partial charge in [-0.05, 0) is 55.0 Å². The van der Waals surface area contributed by atoms with Crippen molar-refractivity contribution in [3.8, 4) is 11.5 Å². The molecule has 0 fully saturated rings. The minimum Gasteiger partial charge on any atom is -0.508 e. The fraction of sp³-hybridized carbons (Fsp3) is 0.571. The molecule has 0 radical (unpaired) electrons. The maximum Gasteiger partial charge on any atom is 0.309 e. The molecule has 0 heterocycles. The van der Waals surface area contributed by atoms with Gasteiger partial charge >= 0.3 is 10.1 Å². The lowest BCUT2D eigenvalue weighted by atomic mass is 10.0. The SMILES string of the molecule is CCCCCCCCCCCCCCCCS(=O)(=O)Oc1ccc(S(=O)(=O)c2ccc(O)cc2)cc1. The van der Waals surface area contributed by atoms with Gasteiger partial charge in [-0.2, -0.15) is 8.42 Å². The lowest BCUT2D eigenvalue weighted by Crippen LogP contribution is -2.14. The number of phenolic OH excluding ortho intramolecular Hbond substituents is 1. The van der Waals surface area contributed by atoms with Gasteiger partial charge < -0.3 is 9.29 Å². The van der Waals surface area contributed by atoms with Crippen molar-refractivity contribution in [2.24, 2.45) is 0 Å². The van der Waals surface area contributed by atoms with Gasteiger partial charge in [0.25, 0.3) is 0 Å². The van der Waals surface area contributed by atoms with Gasteiger partial charge in [0, 0.05) is 0 Å². The topological polar surface area (TPSA) is 97.7 Å². The third kappa shape index (κ3) is 11.3. The van der Waals surface area contributed by atoms with E-state index in [2.05, 4.69) is 6.92 Å². The third-order valence-electron chi connectivity index (χ3n) is 6.25. The van der Waals surface area contributed by atoms with Crippen LogP contribution >= 0.6 is 0 Å². The van der Waals surface area contributed by atoms with Crippen LogP contribution in [0.2, 0.25) is 0 Å². The molecule has 0 spiro atoms. The molecule has 0 bridgehead atoms. The van der Waals surface area contributed by atoms with E-state index in [4.69, 9.17) is 4.18 Å². The Labute approximate surface area is 218 Å². The van der Waals surface area contributed by atoms with E-state index in [1.54, 1.807) is 0 Å². The third-order valence-corrected chi connectivity index (χ3v) is 9.27. The molecule has 0 saturated heterocycles. The van der Waals surface area contributed by atoms with Crippen molar-refractivity contribution in [2.45, 2.75) is 107 Å². The molecule has 0 amide bonds. The number of phenols is 1. The molecule has 0 aromatic heterocycles. The Kier molecular flexibility index (Phi) is 13.3. The van der Waals surface area contributed by atoms with Crippen LogP contribution in [0.3, 0.4) is 0 Å². The lowest BCUT2D eigenvalue weighted by molar-refractivity contribution is 0.474. The van der Waals surface area contributed by atoms with Crippen molar-refractivity contribution in [3.05, 3.63) is 48.5 Å². The highest BCUT2D eigenvalue weighted by atomic mass is 32.2. The Morgan fingerprint density at radius 3 is 1.42 bits per heavy atom. The fourth-order valence-electron chi connectivity index (χ4n) is 4.10. The second-order valence-corrected chi connectivity index (χ2v) is 13.1. The van der Waals surface area contributed by atoms with Gasteiger partial charge in [0.1, 0.15) is 11.5 Å². The fourth-order valence-corrected chi connectivity index (χ4v) is 6.40. The molecule has 2 rings (SSSR count). The predicted molar refractivity (Wildman–Crippen MR) is 145 cm³/mol. The summed E-state index contributed by atoms with van der Waals surface area (Å²) in [7, 11) is -7.50. The van der Waals surface area contributed by atoms with Crippen LogP contribution in [0, 0.1) is 0 Å². The molecule has 0 saturated carbocycles. The normalized spacial score (nSPS) is 12.0. The number of hydrogen-bond donors (Lipinski definition) is 1. The monoisotopic (exact) mass is 538 g/mol. The zero-order chi connectivity index (χ0) is 26.3. The zero-order valence-electron chi connectivity index (χ0n) is 21.5. The minimum absolute atomic E-state index is 0.0184. The van der Waals surface area contributed by atoms with Crippen LogP contribution < -0.4 is 4.18 Å². The van der Waals surface area contributed by atoms with Crippen molar-refractivity contribution >= 4 is 20.0 Å². The first-order chi connectivity index (χ1) is 17.2. The quantitative estimate of drug-likeness (QED) is 0.148. The number of sulfone groups is 1. The molecular weight excluding hydrogens is 496 g/mol. The first-order valence-electron chi connectivity index (χ1n) is 13.3. The lowest BCUT2D eigenvalue weighted by Gasteiger charge is -2.09. The molecule has 202 valence electrons. The van der Waals surface area contributed by atoms with E-state index in [0.29, 0.717) is 6.42 Å². The number of rotatable bonds is 19. The molecule has 6 nitrogen and oxygen atoms in total. The van der Waals surface area contributed by atoms with E-state index in [1.807, 2.05) is 0 Å². The summed E-state index contributed by atoms with van der Waals surface area (Å²) >= 11 is 0. The Morgan fingerprint density at radius 2 is 0.972 bits per heavy atom. The smallest absolute Gasteiger partial charge is 0.309 e. The standard InChI is InChI=1S/C28H42O6S2/c1-2-3-4-5-6-7-8-9-10-11-12-13-14-15-24-35(30,31)34-26-18-22-28(23-19-26)36(32,33)27-20-16-25(29)17-21-27/h16-23,29H,2-15,24H2,1H3. The molecule has 2 aromatic rings. The zero-order valence-corrected chi connectivity index (χ0v) is 23.2.